The molecule has 3 rings (SSSR count). The summed E-state index contributed by atoms with van der Waals surface area (Å²) in [5.41, 5.74) is 0.338. The minimum atomic E-state index is -1.08. The van der Waals surface area contributed by atoms with Gasteiger partial charge in [-0.05, 0) is 36.8 Å². The van der Waals surface area contributed by atoms with E-state index in [4.69, 9.17) is 0 Å². The number of hydrogen-bond acceptors (Lipinski definition) is 6. The summed E-state index contributed by atoms with van der Waals surface area (Å²) in [4.78, 5) is 23.7. The first-order valence-electron chi connectivity index (χ1n) is 7.54. The number of benzene rings is 2. The highest BCUT2D eigenvalue weighted by Gasteiger charge is 2.27. The number of ether oxygens (including phenoxy) is 1. The van der Waals surface area contributed by atoms with Crippen molar-refractivity contribution in [2.24, 2.45) is 0 Å². The molecule has 0 atom stereocenters. The van der Waals surface area contributed by atoms with Crippen LogP contribution in [0.15, 0.2) is 29.8 Å². The number of phenols is 2. The van der Waals surface area contributed by atoms with Crippen molar-refractivity contribution in [2.75, 3.05) is 6.61 Å². The van der Waals surface area contributed by atoms with E-state index >= 15 is 0 Å². The molecule has 0 aromatic heterocycles. The van der Waals surface area contributed by atoms with Crippen LogP contribution in [-0.2, 0) is 20.7 Å². The molecule has 0 bridgehead atoms. The second-order valence-electron chi connectivity index (χ2n) is 5.49. The van der Waals surface area contributed by atoms with Gasteiger partial charge in [0, 0.05) is 11.1 Å². The maximum atomic E-state index is 12.6. The van der Waals surface area contributed by atoms with E-state index in [0.29, 0.717) is 17.4 Å². The third-order valence-corrected chi connectivity index (χ3v) is 4.08. The topological polar surface area (TPSA) is 107 Å². The molecular formula is C18H15O6-. The Morgan fingerprint density at radius 2 is 2.00 bits per heavy atom. The zero-order chi connectivity index (χ0) is 17.4. The predicted octanol–water partition coefficient (Wildman–Crippen LogP) is 1.40. The lowest BCUT2D eigenvalue weighted by atomic mass is 9.86. The van der Waals surface area contributed by atoms with Gasteiger partial charge >= 0.3 is 5.97 Å². The van der Waals surface area contributed by atoms with Gasteiger partial charge < -0.3 is 20.1 Å². The highest BCUT2D eigenvalue weighted by molar-refractivity contribution is 6.41. The molecule has 1 aliphatic carbocycles. The van der Waals surface area contributed by atoms with Gasteiger partial charge in [-0.15, -0.1) is 0 Å². The maximum Gasteiger partial charge on any atom is 0.379 e. The van der Waals surface area contributed by atoms with Crippen LogP contribution >= 0.6 is 0 Å². The number of hydrogen-bond donors (Lipinski definition) is 2. The Morgan fingerprint density at radius 1 is 1.25 bits per heavy atom. The van der Waals surface area contributed by atoms with Crippen LogP contribution in [0, 0.1) is 0 Å². The normalized spacial score (nSPS) is 13.7. The Bertz CT molecular complexity index is 894. The van der Waals surface area contributed by atoms with Crippen LogP contribution in [0.4, 0.5) is 0 Å². The molecule has 0 saturated carbocycles. The van der Waals surface area contributed by atoms with E-state index in [1.807, 2.05) is 0 Å². The fourth-order valence-corrected chi connectivity index (χ4v) is 2.98. The molecule has 0 aliphatic heterocycles. The average molecular weight is 327 g/mol. The van der Waals surface area contributed by atoms with Gasteiger partial charge in [0.25, 0.3) is 5.78 Å². The number of aryl methyl sites for hydroxylation is 1. The quantitative estimate of drug-likeness (QED) is 0.652. The number of phenolic OH excluding ortho intramolecular Hbond substituents is 2. The monoisotopic (exact) mass is 327 g/mol. The standard InChI is InChI=1S/C18H16O6/c1-2-24-18(23)16(21)11-7-6-10-8-9-4-3-5-12(19)13(9)17(22)14(10)15(11)20/h3-5,8,19-20,22H,2,6-7H2,1H3/p-1. The summed E-state index contributed by atoms with van der Waals surface area (Å²) in [6.07, 6.45) is 0.438. The van der Waals surface area contributed by atoms with Crippen LogP contribution in [0.25, 0.3) is 16.5 Å². The maximum absolute atomic E-state index is 12.6. The van der Waals surface area contributed by atoms with E-state index in [0.717, 1.165) is 0 Å². The van der Waals surface area contributed by atoms with Crippen molar-refractivity contribution in [3.8, 4) is 11.5 Å². The van der Waals surface area contributed by atoms with E-state index in [9.17, 15) is 24.9 Å². The molecule has 0 radical (unpaired) electrons. The van der Waals surface area contributed by atoms with Crippen molar-refractivity contribution in [3.05, 3.63) is 41.0 Å². The summed E-state index contributed by atoms with van der Waals surface area (Å²) in [5, 5.41) is 33.8. The van der Waals surface area contributed by atoms with E-state index in [1.165, 1.54) is 6.07 Å². The van der Waals surface area contributed by atoms with E-state index in [1.54, 1.807) is 25.1 Å². The molecule has 24 heavy (non-hydrogen) atoms. The molecule has 2 N–H and O–H groups in total. The van der Waals surface area contributed by atoms with Gasteiger partial charge in [-0.2, -0.15) is 0 Å². The number of ketones is 1. The van der Waals surface area contributed by atoms with Crippen LogP contribution in [0.2, 0.25) is 0 Å². The van der Waals surface area contributed by atoms with Crippen molar-refractivity contribution in [3.63, 3.8) is 0 Å². The smallest absolute Gasteiger partial charge is 0.379 e. The summed E-state index contributed by atoms with van der Waals surface area (Å²) in [6, 6.07) is 6.45. The Morgan fingerprint density at radius 3 is 2.71 bits per heavy atom. The first kappa shape index (κ1) is 15.9. The molecule has 0 heterocycles. The van der Waals surface area contributed by atoms with E-state index in [2.05, 4.69) is 4.74 Å². The number of Topliss-reactive ketones (excluding diaryl/α,β-unsaturated/α-hetero) is 1. The highest BCUT2D eigenvalue weighted by Crippen LogP contribution is 2.42. The predicted molar refractivity (Wildman–Crippen MR) is 84.2 cm³/mol. The summed E-state index contributed by atoms with van der Waals surface area (Å²) in [7, 11) is 0. The number of fused-ring (bicyclic) bond motifs is 2. The van der Waals surface area contributed by atoms with Crippen molar-refractivity contribution < 1.29 is 29.6 Å². The van der Waals surface area contributed by atoms with Crippen LogP contribution < -0.4 is 5.11 Å². The Balaban J connectivity index is 2.20. The van der Waals surface area contributed by atoms with Gasteiger partial charge in [-0.25, -0.2) is 4.79 Å². The molecule has 0 fully saturated rings. The number of aromatic hydroxyl groups is 2. The third-order valence-electron chi connectivity index (χ3n) is 4.08. The molecule has 0 unspecified atom stereocenters. The van der Waals surface area contributed by atoms with E-state index in [-0.39, 0.29) is 41.0 Å². The third kappa shape index (κ3) is 2.36. The summed E-state index contributed by atoms with van der Waals surface area (Å²) in [6.45, 7) is 1.60. The lowest BCUT2D eigenvalue weighted by Crippen LogP contribution is -2.25. The van der Waals surface area contributed by atoms with Gasteiger partial charge in [0.1, 0.15) is 11.5 Å². The minimum Gasteiger partial charge on any atom is -0.872 e. The number of carbonyl (C=O) groups excluding carboxylic acids is 2. The van der Waals surface area contributed by atoms with Crippen LogP contribution in [0.3, 0.4) is 0 Å². The van der Waals surface area contributed by atoms with Gasteiger partial charge in [0.05, 0.1) is 12.0 Å². The average Bonchev–Trinajstić information content (AvgIpc) is 2.54. The molecule has 2 aromatic carbocycles. The second-order valence-corrected chi connectivity index (χ2v) is 5.49. The number of esters is 1. The summed E-state index contributed by atoms with van der Waals surface area (Å²) >= 11 is 0. The Kier molecular flexibility index (Phi) is 3.89. The van der Waals surface area contributed by atoms with Gasteiger partial charge in [0.15, 0.2) is 0 Å². The molecule has 1 aliphatic rings. The van der Waals surface area contributed by atoms with Crippen LogP contribution in [-0.4, -0.2) is 28.6 Å². The molecule has 0 spiro atoms. The molecule has 6 heteroatoms. The van der Waals surface area contributed by atoms with Crippen LogP contribution in [0.1, 0.15) is 24.5 Å². The second kappa shape index (κ2) is 5.88. The van der Waals surface area contributed by atoms with E-state index < -0.39 is 17.5 Å². The van der Waals surface area contributed by atoms with Crippen LogP contribution in [0.5, 0.6) is 11.5 Å². The van der Waals surface area contributed by atoms with Crippen molar-refractivity contribution >= 4 is 28.3 Å². The fourth-order valence-electron chi connectivity index (χ4n) is 2.98. The molecule has 6 nitrogen and oxygen atoms in total. The lowest BCUT2D eigenvalue weighted by Gasteiger charge is -2.27. The molecular weight excluding hydrogens is 312 g/mol. The molecule has 0 amide bonds. The first-order valence-corrected chi connectivity index (χ1v) is 7.54. The fraction of sp³-hybridized carbons (Fsp3) is 0.222. The zero-order valence-corrected chi connectivity index (χ0v) is 13.0. The summed E-state index contributed by atoms with van der Waals surface area (Å²) in [5.74, 6) is -3.29. The highest BCUT2D eigenvalue weighted by atomic mass is 16.5. The zero-order valence-electron chi connectivity index (χ0n) is 13.0. The van der Waals surface area contributed by atoms with Gasteiger partial charge in [0.2, 0.25) is 0 Å². The SMILES string of the molecule is CCOC(=O)C(=O)C1=C([O-])c2c(cc3cccc(O)c3c2O)CC1. The van der Waals surface area contributed by atoms with Crippen molar-refractivity contribution in [1.29, 1.82) is 0 Å². The number of carbonyl (C=O) groups is 2. The Labute approximate surface area is 137 Å². The van der Waals surface area contributed by atoms with Gasteiger partial charge in [-0.3, -0.25) is 4.79 Å². The van der Waals surface area contributed by atoms with Crippen molar-refractivity contribution in [2.45, 2.75) is 19.8 Å². The Hall–Kier alpha value is -3.02. The van der Waals surface area contributed by atoms with Gasteiger partial charge in [-0.1, -0.05) is 24.0 Å². The largest absolute Gasteiger partial charge is 0.872 e. The minimum absolute atomic E-state index is 0.0341. The summed E-state index contributed by atoms with van der Waals surface area (Å²) < 4.78 is 4.65. The molecule has 0 saturated heterocycles. The lowest BCUT2D eigenvalue weighted by molar-refractivity contribution is -0.245. The molecule has 124 valence electrons. The number of rotatable bonds is 3. The molecule has 2 aromatic rings. The van der Waals surface area contributed by atoms with Crippen molar-refractivity contribution in [1.82, 2.24) is 0 Å². The first-order chi connectivity index (χ1) is 11.5.